The summed E-state index contributed by atoms with van der Waals surface area (Å²) in [4.78, 5) is 23.3. The Balaban J connectivity index is 1.56. The van der Waals surface area contributed by atoms with Crippen LogP contribution in [0.4, 0.5) is 11.4 Å². The van der Waals surface area contributed by atoms with Gasteiger partial charge in [-0.1, -0.05) is 24.3 Å². The maximum atomic E-state index is 13.4. The SMILES string of the molecule is Cc1cc(C)cc(-n2c(C)cc(/C=N/NC(=O)CN(c3ccc([N+](=O)[O-])cc3)S(=O)(=O)c3ccccc3)c2C)c1. The number of anilines is 1. The van der Waals surface area contributed by atoms with Gasteiger partial charge >= 0.3 is 0 Å². The van der Waals surface area contributed by atoms with E-state index in [1.165, 1.54) is 42.6 Å². The Kier molecular flexibility index (Phi) is 8.15. The summed E-state index contributed by atoms with van der Waals surface area (Å²) in [5, 5.41) is 15.1. The molecule has 0 aliphatic rings. The second-order valence-electron chi connectivity index (χ2n) is 9.40. The smallest absolute Gasteiger partial charge is 0.269 e. The fraction of sp³-hybridized carbons (Fsp3) is 0.172. The molecule has 0 aliphatic heterocycles. The van der Waals surface area contributed by atoms with Gasteiger partial charge in [-0.2, -0.15) is 5.10 Å². The van der Waals surface area contributed by atoms with Crippen molar-refractivity contribution in [2.45, 2.75) is 32.6 Å². The second kappa shape index (κ2) is 11.5. The fourth-order valence-electron chi connectivity index (χ4n) is 4.51. The molecule has 206 valence electrons. The zero-order valence-electron chi connectivity index (χ0n) is 22.5. The highest BCUT2D eigenvalue weighted by Crippen LogP contribution is 2.26. The van der Waals surface area contributed by atoms with Crippen LogP contribution in [-0.4, -0.2) is 36.6 Å². The lowest BCUT2D eigenvalue weighted by Crippen LogP contribution is -2.39. The molecule has 11 heteroatoms. The Hall–Kier alpha value is -4.77. The molecule has 0 saturated carbocycles. The molecule has 0 fully saturated rings. The van der Waals surface area contributed by atoms with E-state index in [4.69, 9.17) is 0 Å². The zero-order valence-corrected chi connectivity index (χ0v) is 23.3. The van der Waals surface area contributed by atoms with E-state index in [1.54, 1.807) is 18.2 Å². The van der Waals surface area contributed by atoms with E-state index in [-0.39, 0.29) is 16.3 Å². The summed E-state index contributed by atoms with van der Waals surface area (Å²) >= 11 is 0. The molecular weight excluding hydrogens is 530 g/mol. The minimum absolute atomic E-state index is 0.0246. The fourth-order valence-corrected chi connectivity index (χ4v) is 5.95. The molecule has 1 N–H and O–H groups in total. The summed E-state index contributed by atoms with van der Waals surface area (Å²) in [6.45, 7) is 7.43. The number of aromatic nitrogens is 1. The number of hydrazone groups is 1. The topological polar surface area (TPSA) is 127 Å². The van der Waals surface area contributed by atoms with Gasteiger partial charge in [0.05, 0.1) is 21.7 Å². The molecule has 1 aromatic heterocycles. The predicted octanol–water partition coefficient (Wildman–Crippen LogP) is 4.96. The maximum Gasteiger partial charge on any atom is 0.269 e. The van der Waals surface area contributed by atoms with Crippen LogP contribution < -0.4 is 9.73 Å². The number of amides is 1. The monoisotopic (exact) mass is 559 g/mol. The van der Waals surface area contributed by atoms with E-state index in [0.29, 0.717) is 0 Å². The van der Waals surface area contributed by atoms with Crippen LogP contribution in [0.25, 0.3) is 5.69 Å². The van der Waals surface area contributed by atoms with Crippen LogP contribution in [0.3, 0.4) is 0 Å². The van der Waals surface area contributed by atoms with Crippen LogP contribution in [0.2, 0.25) is 0 Å². The van der Waals surface area contributed by atoms with Gasteiger partial charge in [0.15, 0.2) is 0 Å². The Morgan fingerprint density at radius 1 is 0.975 bits per heavy atom. The average molecular weight is 560 g/mol. The van der Waals surface area contributed by atoms with E-state index in [1.807, 2.05) is 33.8 Å². The van der Waals surface area contributed by atoms with Gasteiger partial charge in [-0.25, -0.2) is 13.8 Å². The van der Waals surface area contributed by atoms with Gasteiger partial charge in [-0.15, -0.1) is 0 Å². The van der Waals surface area contributed by atoms with E-state index >= 15 is 0 Å². The summed E-state index contributed by atoms with van der Waals surface area (Å²) in [7, 11) is -4.16. The third-order valence-electron chi connectivity index (χ3n) is 6.29. The van der Waals surface area contributed by atoms with Gasteiger partial charge < -0.3 is 4.57 Å². The predicted molar refractivity (Wildman–Crippen MR) is 155 cm³/mol. The number of nitro groups is 1. The number of benzene rings is 3. The normalized spacial score (nSPS) is 11.5. The number of non-ortho nitro benzene ring substituents is 1. The van der Waals surface area contributed by atoms with Crippen LogP contribution in [0.5, 0.6) is 0 Å². The Morgan fingerprint density at radius 3 is 2.20 bits per heavy atom. The van der Waals surface area contributed by atoms with Crippen molar-refractivity contribution < 1.29 is 18.1 Å². The van der Waals surface area contributed by atoms with Crippen LogP contribution >= 0.6 is 0 Å². The molecular formula is C29H29N5O5S. The number of sulfonamides is 1. The molecule has 0 aliphatic carbocycles. The molecule has 4 rings (SSSR count). The van der Waals surface area contributed by atoms with Crippen molar-refractivity contribution in [3.05, 3.63) is 117 Å². The Bertz CT molecular complexity index is 1670. The lowest BCUT2D eigenvalue weighted by Gasteiger charge is -2.23. The molecule has 1 heterocycles. The highest BCUT2D eigenvalue weighted by molar-refractivity contribution is 7.92. The van der Waals surface area contributed by atoms with E-state index in [9.17, 15) is 23.3 Å². The molecule has 0 spiro atoms. The maximum absolute atomic E-state index is 13.4. The van der Waals surface area contributed by atoms with Gasteiger partial charge in [0.1, 0.15) is 6.54 Å². The minimum atomic E-state index is -4.16. The minimum Gasteiger partial charge on any atom is -0.318 e. The van der Waals surface area contributed by atoms with Crippen molar-refractivity contribution in [3.8, 4) is 5.69 Å². The molecule has 3 aromatic carbocycles. The third-order valence-corrected chi connectivity index (χ3v) is 8.08. The van der Waals surface area contributed by atoms with Gasteiger partial charge in [0.2, 0.25) is 0 Å². The summed E-state index contributed by atoms with van der Waals surface area (Å²) in [5.41, 5.74) is 8.35. The van der Waals surface area contributed by atoms with E-state index in [0.717, 1.165) is 38.1 Å². The Morgan fingerprint density at radius 2 is 1.60 bits per heavy atom. The summed E-state index contributed by atoms with van der Waals surface area (Å²) in [6, 6.07) is 20.8. The quantitative estimate of drug-likeness (QED) is 0.176. The average Bonchev–Trinajstić information content (AvgIpc) is 3.19. The van der Waals surface area contributed by atoms with Gasteiger partial charge in [-0.3, -0.25) is 19.2 Å². The van der Waals surface area contributed by atoms with E-state index in [2.05, 4.69) is 33.3 Å². The van der Waals surface area contributed by atoms with Crippen LogP contribution in [0.1, 0.15) is 28.1 Å². The first-order valence-electron chi connectivity index (χ1n) is 12.4. The van der Waals surface area contributed by atoms with Crippen LogP contribution in [-0.2, 0) is 14.8 Å². The van der Waals surface area contributed by atoms with Crippen LogP contribution in [0, 0.1) is 37.8 Å². The van der Waals surface area contributed by atoms with Crippen molar-refractivity contribution in [1.82, 2.24) is 9.99 Å². The highest BCUT2D eigenvalue weighted by atomic mass is 32.2. The molecule has 0 radical (unpaired) electrons. The molecule has 0 bridgehead atoms. The number of aryl methyl sites for hydroxylation is 3. The lowest BCUT2D eigenvalue weighted by molar-refractivity contribution is -0.384. The standard InChI is InChI=1S/C29H29N5O5S/c1-20-14-21(2)16-27(15-20)33-22(3)17-24(23(33)4)18-30-31-29(35)19-32(25-10-12-26(13-11-25)34(36)37)40(38,39)28-8-6-5-7-9-28/h5-18H,19H2,1-4H3,(H,31,35)/b30-18+. The number of carbonyl (C=O) groups excluding carboxylic acids is 1. The zero-order chi connectivity index (χ0) is 29.0. The number of nitro benzene ring substituents is 1. The number of nitrogens with zero attached hydrogens (tertiary/aromatic N) is 4. The summed E-state index contributed by atoms with van der Waals surface area (Å²) in [6.07, 6.45) is 1.52. The van der Waals surface area contributed by atoms with Crippen molar-refractivity contribution in [1.29, 1.82) is 0 Å². The number of rotatable bonds is 9. The summed E-state index contributed by atoms with van der Waals surface area (Å²) in [5.74, 6) is -0.683. The largest absolute Gasteiger partial charge is 0.318 e. The van der Waals surface area contributed by atoms with Gasteiger partial charge in [-0.05, 0) is 81.3 Å². The molecule has 40 heavy (non-hydrogen) atoms. The number of carbonyl (C=O) groups is 1. The number of hydrogen-bond donors (Lipinski definition) is 1. The first-order valence-corrected chi connectivity index (χ1v) is 13.8. The van der Waals surface area contributed by atoms with Crippen molar-refractivity contribution in [3.63, 3.8) is 0 Å². The van der Waals surface area contributed by atoms with Crippen molar-refractivity contribution in [2.24, 2.45) is 5.10 Å². The second-order valence-corrected chi connectivity index (χ2v) is 11.3. The van der Waals surface area contributed by atoms with Gasteiger partial charge in [0.25, 0.3) is 21.6 Å². The summed E-state index contributed by atoms with van der Waals surface area (Å²) < 4.78 is 29.8. The first-order chi connectivity index (χ1) is 19.0. The van der Waals surface area contributed by atoms with Crippen molar-refractivity contribution >= 4 is 33.5 Å². The van der Waals surface area contributed by atoms with Gasteiger partial charge in [0, 0.05) is 34.8 Å². The molecule has 0 unspecified atom stereocenters. The third kappa shape index (κ3) is 6.10. The highest BCUT2D eigenvalue weighted by Gasteiger charge is 2.27. The molecule has 10 nitrogen and oxygen atoms in total. The molecule has 4 aromatic rings. The van der Waals surface area contributed by atoms with Crippen LogP contribution in [0.15, 0.2) is 88.9 Å². The number of hydrogen-bond acceptors (Lipinski definition) is 6. The Labute approximate surface area is 232 Å². The molecule has 0 atom stereocenters. The molecule has 0 saturated heterocycles. The lowest BCUT2D eigenvalue weighted by atomic mass is 10.1. The van der Waals surface area contributed by atoms with E-state index < -0.39 is 27.4 Å². The van der Waals surface area contributed by atoms with Crippen molar-refractivity contribution in [2.75, 3.05) is 10.8 Å². The number of nitrogens with one attached hydrogen (secondary N) is 1. The first kappa shape index (κ1) is 28.2. The molecule has 1 amide bonds.